The third-order valence-corrected chi connectivity index (χ3v) is 9.42. The van der Waals surface area contributed by atoms with Gasteiger partial charge in [0.2, 0.25) is 0 Å². The molecular formula is C36H63NO4. The number of ether oxygens (including phenoxy) is 2. The number of fused-ring (bicyclic) bond motifs is 1. The van der Waals surface area contributed by atoms with Crippen LogP contribution in [0.15, 0.2) is 0 Å². The summed E-state index contributed by atoms with van der Waals surface area (Å²) in [5.74, 6) is 3.79. The Balaban J connectivity index is 1.98. The molecule has 1 aliphatic heterocycles. The van der Waals surface area contributed by atoms with Crippen molar-refractivity contribution in [2.75, 3.05) is 7.11 Å². The lowest BCUT2D eigenvalue weighted by atomic mass is 9.83. The molecule has 0 aliphatic carbocycles. The zero-order chi connectivity index (χ0) is 30.7. The van der Waals surface area contributed by atoms with Gasteiger partial charge in [-0.25, -0.2) is 0 Å². The van der Waals surface area contributed by atoms with Crippen molar-refractivity contribution in [3.8, 4) is 11.5 Å². The van der Waals surface area contributed by atoms with Gasteiger partial charge in [-0.15, -0.1) is 0 Å². The lowest BCUT2D eigenvalue weighted by Gasteiger charge is -2.39. The van der Waals surface area contributed by atoms with Crippen LogP contribution in [0.2, 0.25) is 0 Å². The fourth-order valence-electron chi connectivity index (χ4n) is 6.57. The summed E-state index contributed by atoms with van der Waals surface area (Å²) in [7, 11) is 1.71. The molecule has 41 heavy (non-hydrogen) atoms. The lowest BCUT2D eigenvalue weighted by molar-refractivity contribution is -0.140. The number of rotatable bonds is 19. The molecule has 4 atom stereocenters. The molecule has 0 amide bonds. The first kappa shape index (κ1) is 35.4. The van der Waals surface area contributed by atoms with Crippen LogP contribution in [-0.4, -0.2) is 29.8 Å². The van der Waals surface area contributed by atoms with E-state index in [4.69, 9.17) is 9.47 Å². The van der Waals surface area contributed by atoms with E-state index in [-0.39, 0.29) is 5.60 Å². The first-order valence-corrected chi connectivity index (χ1v) is 16.6. The van der Waals surface area contributed by atoms with Crippen LogP contribution in [0.4, 0.5) is 0 Å². The molecule has 2 rings (SSSR count). The van der Waals surface area contributed by atoms with E-state index in [9.17, 15) is 9.90 Å². The molecule has 3 unspecified atom stereocenters. The molecule has 0 fully saturated rings. The maximum atomic E-state index is 11.9. The SMILES string of the molecule is COc1c(C)c(C)c2c(c1CN[C@@H](CC(C)C)C(=O)O)CCC(C)(CCCC(C)CCCC(C)CCCC(C)C)O2. The van der Waals surface area contributed by atoms with Gasteiger partial charge >= 0.3 is 5.97 Å². The fourth-order valence-corrected chi connectivity index (χ4v) is 6.57. The van der Waals surface area contributed by atoms with Crippen molar-refractivity contribution in [2.45, 2.75) is 158 Å². The summed E-state index contributed by atoms with van der Waals surface area (Å²) in [6.07, 6.45) is 14.2. The lowest BCUT2D eigenvalue weighted by Crippen LogP contribution is -2.39. The van der Waals surface area contributed by atoms with Gasteiger partial charge in [0.05, 0.1) is 7.11 Å². The van der Waals surface area contributed by atoms with E-state index < -0.39 is 12.0 Å². The summed E-state index contributed by atoms with van der Waals surface area (Å²) >= 11 is 0. The van der Waals surface area contributed by atoms with E-state index in [0.717, 1.165) is 65.2 Å². The van der Waals surface area contributed by atoms with Gasteiger partial charge in [0.15, 0.2) is 0 Å². The summed E-state index contributed by atoms with van der Waals surface area (Å²) in [5.41, 5.74) is 4.28. The highest BCUT2D eigenvalue weighted by atomic mass is 16.5. The Hall–Kier alpha value is -1.75. The summed E-state index contributed by atoms with van der Waals surface area (Å²) in [6, 6.07) is -0.582. The molecular weight excluding hydrogens is 510 g/mol. The summed E-state index contributed by atoms with van der Waals surface area (Å²) in [4.78, 5) is 11.9. The van der Waals surface area contributed by atoms with Gasteiger partial charge in [0.25, 0.3) is 0 Å². The van der Waals surface area contributed by atoms with E-state index in [2.05, 4.69) is 67.6 Å². The molecule has 5 nitrogen and oxygen atoms in total. The monoisotopic (exact) mass is 573 g/mol. The van der Waals surface area contributed by atoms with Crippen molar-refractivity contribution in [3.05, 3.63) is 22.3 Å². The van der Waals surface area contributed by atoms with Gasteiger partial charge in [0, 0.05) is 17.7 Å². The molecule has 0 aromatic heterocycles. The average Bonchev–Trinajstić information content (AvgIpc) is 2.88. The molecule has 0 bridgehead atoms. The number of nitrogens with one attached hydrogen (secondary N) is 1. The van der Waals surface area contributed by atoms with Gasteiger partial charge in [-0.3, -0.25) is 4.79 Å². The zero-order valence-electron chi connectivity index (χ0n) is 28.3. The fraction of sp³-hybridized carbons (Fsp3) is 0.806. The Bertz CT molecular complexity index is 956. The summed E-state index contributed by atoms with van der Waals surface area (Å²) in [5, 5.41) is 13.1. The molecule has 0 spiro atoms. The van der Waals surface area contributed by atoms with Gasteiger partial charge in [-0.1, -0.05) is 86.5 Å². The van der Waals surface area contributed by atoms with Crippen molar-refractivity contribution >= 4 is 5.97 Å². The second kappa shape index (κ2) is 16.8. The highest BCUT2D eigenvalue weighted by Gasteiger charge is 2.35. The third kappa shape index (κ3) is 11.1. The maximum Gasteiger partial charge on any atom is 0.320 e. The largest absolute Gasteiger partial charge is 0.496 e. The van der Waals surface area contributed by atoms with Crippen molar-refractivity contribution in [2.24, 2.45) is 23.7 Å². The molecule has 5 heteroatoms. The molecule has 0 saturated heterocycles. The Morgan fingerprint density at radius 2 is 1.51 bits per heavy atom. The normalized spacial score (nSPS) is 19.1. The van der Waals surface area contributed by atoms with Gasteiger partial charge < -0.3 is 19.9 Å². The minimum atomic E-state index is -0.801. The van der Waals surface area contributed by atoms with Crippen LogP contribution in [0.3, 0.4) is 0 Å². The number of carboxylic acid groups (broad SMARTS) is 1. The standard InChI is InChI=1S/C36H63NO4/c1-24(2)14-11-15-26(5)16-12-17-27(6)18-13-20-36(9)21-19-30-31(23-37-32(35(38)39)22-25(3)4)33(40-10)28(7)29(8)34(30)41-36/h24-27,32,37H,11-23H2,1-10H3,(H,38,39)/t26?,27?,32-,36?/m0/s1. The number of aliphatic carboxylic acids is 1. The number of carbonyl (C=O) groups is 1. The van der Waals surface area contributed by atoms with E-state index in [1.807, 2.05) is 0 Å². The van der Waals surface area contributed by atoms with Gasteiger partial charge in [-0.05, 0) is 87.7 Å². The van der Waals surface area contributed by atoms with Crippen LogP contribution in [0.5, 0.6) is 11.5 Å². The molecule has 1 aliphatic rings. The predicted octanol–water partition coefficient (Wildman–Crippen LogP) is 9.42. The quantitative estimate of drug-likeness (QED) is 0.172. The second-order valence-corrected chi connectivity index (χ2v) is 14.4. The molecule has 1 heterocycles. The molecule has 0 radical (unpaired) electrons. The van der Waals surface area contributed by atoms with Crippen molar-refractivity contribution in [1.29, 1.82) is 0 Å². The molecule has 0 saturated carbocycles. The van der Waals surface area contributed by atoms with Crippen molar-refractivity contribution < 1.29 is 19.4 Å². The molecule has 1 aromatic rings. The summed E-state index contributed by atoms with van der Waals surface area (Å²) < 4.78 is 12.7. The Labute approximate surface area is 252 Å². The minimum absolute atomic E-state index is 0.171. The van der Waals surface area contributed by atoms with Crippen LogP contribution in [-0.2, 0) is 17.8 Å². The van der Waals surface area contributed by atoms with Crippen LogP contribution < -0.4 is 14.8 Å². The smallest absolute Gasteiger partial charge is 0.320 e. The highest BCUT2D eigenvalue weighted by Crippen LogP contribution is 2.45. The van der Waals surface area contributed by atoms with Gasteiger partial charge in [0.1, 0.15) is 23.1 Å². The zero-order valence-corrected chi connectivity index (χ0v) is 28.3. The van der Waals surface area contributed by atoms with Crippen LogP contribution >= 0.6 is 0 Å². The van der Waals surface area contributed by atoms with Crippen LogP contribution in [0, 0.1) is 37.5 Å². The highest BCUT2D eigenvalue weighted by molar-refractivity contribution is 5.73. The number of methoxy groups -OCH3 is 1. The topological polar surface area (TPSA) is 67.8 Å². The number of hydrogen-bond donors (Lipinski definition) is 2. The summed E-state index contributed by atoms with van der Waals surface area (Å²) in [6.45, 7) is 20.6. The number of carboxylic acids is 1. The third-order valence-electron chi connectivity index (χ3n) is 9.42. The number of hydrogen-bond acceptors (Lipinski definition) is 4. The first-order chi connectivity index (χ1) is 19.3. The average molecular weight is 574 g/mol. The van der Waals surface area contributed by atoms with Crippen LogP contribution in [0.1, 0.15) is 141 Å². The predicted molar refractivity (Wildman–Crippen MR) is 172 cm³/mol. The molecule has 2 N–H and O–H groups in total. The number of benzene rings is 1. The van der Waals surface area contributed by atoms with E-state index in [1.165, 1.54) is 56.9 Å². The van der Waals surface area contributed by atoms with E-state index in [0.29, 0.717) is 18.9 Å². The Morgan fingerprint density at radius 1 is 0.927 bits per heavy atom. The van der Waals surface area contributed by atoms with E-state index >= 15 is 0 Å². The molecule has 1 aromatic carbocycles. The van der Waals surface area contributed by atoms with Crippen molar-refractivity contribution in [1.82, 2.24) is 5.32 Å². The van der Waals surface area contributed by atoms with Crippen molar-refractivity contribution in [3.63, 3.8) is 0 Å². The van der Waals surface area contributed by atoms with E-state index in [1.54, 1.807) is 7.11 Å². The molecule has 236 valence electrons. The minimum Gasteiger partial charge on any atom is -0.496 e. The van der Waals surface area contributed by atoms with Gasteiger partial charge in [-0.2, -0.15) is 0 Å². The Kier molecular flexibility index (Phi) is 14.5. The Morgan fingerprint density at radius 3 is 2.05 bits per heavy atom. The maximum absolute atomic E-state index is 11.9. The first-order valence-electron chi connectivity index (χ1n) is 16.6. The van der Waals surface area contributed by atoms with Crippen LogP contribution in [0.25, 0.3) is 0 Å². The second-order valence-electron chi connectivity index (χ2n) is 14.4.